The molecule has 0 radical (unpaired) electrons. The van der Waals surface area contributed by atoms with E-state index in [0.29, 0.717) is 12.1 Å². The molecule has 186 valence electrons. The summed E-state index contributed by atoms with van der Waals surface area (Å²) in [6.07, 6.45) is 1.26. The maximum atomic E-state index is 14.0. The first-order valence-corrected chi connectivity index (χ1v) is 13.3. The topological polar surface area (TPSA) is 95.9 Å². The van der Waals surface area contributed by atoms with Crippen LogP contribution in [-0.4, -0.2) is 63.1 Å². The summed E-state index contributed by atoms with van der Waals surface area (Å²) in [5.74, 6) is -1.99. The van der Waals surface area contributed by atoms with Crippen molar-refractivity contribution in [3.63, 3.8) is 0 Å². The number of carbonyl (C=O) groups is 3. The number of esters is 1. The quantitative estimate of drug-likeness (QED) is 0.570. The standard InChI is InChI=1S/C27H32N2O5S/c1-4-19(14-30)29-23(24(31)28-18-11-10-16-8-6-7-9-17(16)13-18)27-15(3)12-20(35-27)21(22(27)25(29)32)26(33)34-5-2/h6-11,13,15,19-23,30H,4-5,12,14H2,1-3H3,(H,28,31)/t15?,19-,20-,21+,22-,23?,27?/m0/s1. The number of amides is 2. The minimum absolute atomic E-state index is 0.0506. The number of thioether (sulfide) groups is 1. The van der Waals surface area contributed by atoms with E-state index in [1.54, 1.807) is 23.6 Å². The Labute approximate surface area is 209 Å². The van der Waals surface area contributed by atoms with Crippen LogP contribution in [0.25, 0.3) is 10.8 Å². The molecule has 1 spiro atoms. The SMILES string of the molecule is CCOC(=O)[C@@H]1[C@@H]2CC(C)C3(S2)C(C(=O)Nc2ccc4ccccc4c2)N([C@@H](CC)CO)C(=O)[C@H]13. The molecule has 2 N–H and O–H groups in total. The highest BCUT2D eigenvalue weighted by Gasteiger charge is 2.76. The molecule has 5 rings (SSSR count). The normalized spacial score (nSPS) is 32.1. The number of nitrogens with one attached hydrogen (secondary N) is 1. The Balaban J connectivity index is 1.55. The van der Waals surface area contributed by atoms with Gasteiger partial charge in [0.1, 0.15) is 6.04 Å². The van der Waals surface area contributed by atoms with Crippen LogP contribution in [0.5, 0.6) is 0 Å². The molecule has 35 heavy (non-hydrogen) atoms. The van der Waals surface area contributed by atoms with Gasteiger partial charge in [-0.15, -0.1) is 11.8 Å². The molecule has 2 aromatic carbocycles. The summed E-state index contributed by atoms with van der Waals surface area (Å²) in [4.78, 5) is 42.5. The highest BCUT2D eigenvalue weighted by molar-refractivity contribution is 8.02. The van der Waals surface area contributed by atoms with Gasteiger partial charge in [0.15, 0.2) is 0 Å². The summed E-state index contributed by atoms with van der Waals surface area (Å²) >= 11 is 1.61. The number of fused-ring (bicyclic) bond motifs is 2. The van der Waals surface area contributed by atoms with E-state index in [1.807, 2.05) is 49.4 Å². The van der Waals surface area contributed by atoms with E-state index < -0.39 is 28.7 Å². The fraction of sp³-hybridized carbons (Fsp3) is 0.519. The van der Waals surface area contributed by atoms with Gasteiger partial charge in [-0.1, -0.05) is 44.2 Å². The van der Waals surface area contributed by atoms with Crippen molar-refractivity contribution in [3.05, 3.63) is 42.5 Å². The van der Waals surface area contributed by atoms with Gasteiger partial charge >= 0.3 is 5.97 Å². The number of carbonyl (C=O) groups excluding carboxylic acids is 3. The number of rotatable bonds is 7. The van der Waals surface area contributed by atoms with Gasteiger partial charge in [-0.05, 0) is 48.6 Å². The number of aliphatic hydroxyl groups is 1. The van der Waals surface area contributed by atoms with E-state index in [2.05, 4.69) is 12.2 Å². The molecule has 3 heterocycles. The molecule has 3 fully saturated rings. The lowest BCUT2D eigenvalue weighted by Crippen LogP contribution is -2.56. The second-order valence-corrected chi connectivity index (χ2v) is 11.4. The van der Waals surface area contributed by atoms with E-state index in [4.69, 9.17) is 4.74 Å². The molecule has 8 heteroatoms. The fourth-order valence-electron chi connectivity index (χ4n) is 6.55. The van der Waals surface area contributed by atoms with Crippen molar-refractivity contribution in [1.29, 1.82) is 0 Å². The fourth-order valence-corrected chi connectivity index (χ4v) is 8.95. The van der Waals surface area contributed by atoms with Gasteiger partial charge in [0.2, 0.25) is 11.8 Å². The summed E-state index contributed by atoms with van der Waals surface area (Å²) in [6, 6.07) is 12.4. The number of hydrogen-bond donors (Lipinski definition) is 2. The highest BCUT2D eigenvalue weighted by atomic mass is 32.2. The minimum atomic E-state index is -0.784. The number of likely N-dealkylation sites (tertiary alicyclic amines) is 1. The molecular weight excluding hydrogens is 464 g/mol. The summed E-state index contributed by atoms with van der Waals surface area (Å²) < 4.78 is 4.64. The Morgan fingerprint density at radius 3 is 2.66 bits per heavy atom. The summed E-state index contributed by atoms with van der Waals surface area (Å²) in [5.41, 5.74) is 0.658. The second-order valence-electron chi connectivity index (χ2n) is 9.85. The summed E-state index contributed by atoms with van der Waals surface area (Å²) in [6.45, 7) is 5.75. The monoisotopic (exact) mass is 496 g/mol. The molecule has 3 aliphatic heterocycles. The van der Waals surface area contributed by atoms with Crippen LogP contribution in [-0.2, 0) is 19.1 Å². The number of ether oxygens (including phenoxy) is 1. The maximum absolute atomic E-state index is 14.0. The maximum Gasteiger partial charge on any atom is 0.310 e. The van der Waals surface area contributed by atoms with Gasteiger partial charge in [0.25, 0.3) is 0 Å². The van der Waals surface area contributed by atoms with E-state index in [9.17, 15) is 19.5 Å². The van der Waals surface area contributed by atoms with Crippen molar-refractivity contribution in [2.75, 3.05) is 18.5 Å². The van der Waals surface area contributed by atoms with Crippen molar-refractivity contribution in [2.45, 2.75) is 55.7 Å². The lowest BCUT2D eigenvalue weighted by atomic mass is 9.66. The zero-order valence-corrected chi connectivity index (χ0v) is 21.1. The number of anilines is 1. The van der Waals surface area contributed by atoms with Crippen molar-refractivity contribution in [2.24, 2.45) is 17.8 Å². The third-order valence-corrected chi connectivity index (χ3v) is 10.2. The van der Waals surface area contributed by atoms with Crippen LogP contribution >= 0.6 is 11.8 Å². The Morgan fingerprint density at radius 1 is 1.23 bits per heavy atom. The predicted octanol–water partition coefficient (Wildman–Crippen LogP) is 3.45. The van der Waals surface area contributed by atoms with Crippen LogP contribution in [0, 0.1) is 17.8 Å². The van der Waals surface area contributed by atoms with Crippen LogP contribution in [0.1, 0.15) is 33.6 Å². The van der Waals surface area contributed by atoms with Crippen LogP contribution in [0.3, 0.4) is 0 Å². The first kappa shape index (κ1) is 24.1. The van der Waals surface area contributed by atoms with Crippen molar-refractivity contribution < 1.29 is 24.2 Å². The van der Waals surface area contributed by atoms with Crippen LogP contribution in [0.4, 0.5) is 5.69 Å². The van der Waals surface area contributed by atoms with E-state index in [-0.39, 0.29) is 42.2 Å². The van der Waals surface area contributed by atoms with Gasteiger partial charge in [-0.25, -0.2) is 0 Å². The average Bonchev–Trinajstić information content (AvgIpc) is 3.44. The Hall–Kier alpha value is -2.58. The van der Waals surface area contributed by atoms with Crippen LogP contribution < -0.4 is 5.32 Å². The Kier molecular flexibility index (Phi) is 6.30. The molecule has 2 amide bonds. The minimum Gasteiger partial charge on any atom is -0.466 e. The zero-order valence-electron chi connectivity index (χ0n) is 20.3. The largest absolute Gasteiger partial charge is 0.466 e. The summed E-state index contributed by atoms with van der Waals surface area (Å²) in [7, 11) is 0. The van der Waals surface area contributed by atoms with Gasteiger partial charge < -0.3 is 20.1 Å². The van der Waals surface area contributed by atoms with Crippen molar-refractivity contribution in [3.8, 4) is 0 Å². The average molecular weight is 497 g/mol. The van der Waals surface area contributed by atoms with Gasteiger partial charge in [-0.2, -0.15) is 0 Å². The number of benzene rings is 2. The molecule has 7 nitrogen and oxygen atoms in total. The molecular formula is C27H32N2O5S. The second kappa shape index (κ2) is 9.13. The van der Waals surface area contributed by atoms with Gasteiger partial charge in [-0.3, -0.25) is 14.4 Å². The molecule has 3 aliphatic rings. The van der Waals surface area contributed by atoms with Crippen molar-refractivity contribution >= 4 is 46.0 Å². The summed E-state index contributed by atoms with van der Waals surface area (Å²) in [5, 5.41) is 15.2. The van der Waals surface area contributed by atoms with Gasteiger partial charge in [0, 0.05) is 10.9 Å². The predicted molar refractivity (Wildman–Crippen MR) is 136 cm³/mol. The lowest BCUT2D eigenvalue weighted by molar-refractivity contribution is -0.154. The van der Waals surface area contributed by atoms with E-state index >= 15 is 0 Å². The smallest absolute Gasteiger partial charge is 0.310 e. The van der Waals surface area contributed by atoms with E-state index in [1.165, 1.54) is 0 Å². The molecule has 0 saturated carbocycles. The molecule has 7 atom stereocenters. The number of hydrogen-bond acceptors (Lipinski definition) is 6. The third kappa shape index (κ3) is 3.56. The first-order valence-electron chi connectivity index (χ1n) is 12.4. The Morgan fingerprint density at radius 2 is 1.97 bits per heavy atom. The third-order valence-electron chi connectivity index (χ3n) is 8.08. The molecule has 2 bridgehead atoms. The molecule has 2 aromatic rings. The lowest BCUT2D eigenvalue weighted by Gasteiger charge is -2.39. The van der Waals surface area contributed by atoms with Crippen LogP contribution in [0.15, 0.2) is 42.5 Å². The molecule has 3 saturated heterocycles. The number of nitrogens with zero attached hydrogens (tertiary/aromatic N) is 1. The molecule has 3 unspecified atom stereocenters. The molecule has 0 aliphatic carbocycles. The Bertz CT molecular complexity index is 1170. The first-order chi connectivity index (χ1) is 16.9. The van der Waals surface area contributed by atoms with Gasteiger partial charge in [0.05, 0.1) is 35.8 Å². The highest BCUT2D eigenvalue weighted by Crippen LogP contribution is 2.69. The van der Waals surface area contributed by atoms with E-state index in [0.717, 1.165) is 17.2 Å². The molecule has 0 aromatic heterocycles. The number of aliphatic hydroxyl groups excluding tert-OH is 1. The zero-order chi connectivity index (χ0) is 24.9. The van der Waals surface area contributed by atoms with Crippen LogP contribution in [0.2, 0.25) is 0 Å². The van der Waals surface area contributed by atoms with Crippen molar-refractivity contribution in [1.82, 2.24) is 4.90 Å².